The van der Waals surface area contributed by atoms with E-state index in [4.69, 9.17) is 0 Å². The van der Waals surface area contributed by atoms with E-state index in [1.807, 2.05) is 18.2 Å². The quantitative estimate of drug-likeness (QED) is 0.633. The van der Waals surface area contributed by atoms with Crippen molar-refractivity contribution < 1.29 is 4.79 Å². The van der Waals surface area contributed by atoms with E-state index in [9.17, 15) is 4.79 Å². The predicted octanol–water partition coefficient (Wildman–Crippen LogP) is 4.27. The van der Waals surface area contributed by atoms with Crippen LogP contribution < -0.4 is 10.2 Å². The van der Waals surface area contributed by atoms with Crippen molar-refractivity contribution in [2.75, 3.05) is 42.9 Å². The van der Waals surface area contributed by atoms with Gasteiger partial charge in [-0.25, -0.2) is 0 Å². The maximum Gasteiger partial charge on any atom is 0.224 e. The maximum atomic E-state index is 12.3. The van der Waals surface area contributed by atoms with Gasteiger partial charge < -0.3 is 20.1 Å². The third-order valence-corrected chi connectivity index (χ3v) is 5.86. The molecule has 2 N–H and O–H groups in total. The number of likely N-dealkylation sites (N-methyl/N-ethyl adjacent to an activating group) is 1. The molecule has 0 spiro atoms. The van der Waals surface area contributed by atoms with Crippen molar-refractivity contribution >= 4 is 28.2 Å². The second-order valence-electron chi connectivity index (χ2n) is 7.73. The van der Waals surface area contributed by atoms with Gasteiger partial charge in [-0.2, -0.15) is 0 Å². The number of hydrogen-bond acceptors (Lipinski definition) is 3. The van der Waals surface area contributed by atoms with Crippen LogP contribution in [0.4, 0.5) is 11.4 Å². The second kappa shape index (κ2) is 9.14. The Kier molecular flexibility index (Phi) is 6.15. The summed E-state index contributed by atoms with van der Waals surface area (Å²) in [6.45, 7) is 7.70. The van der Waals surface area contributed by atoms with Crippen molar-refractivity contribution in [3.8, 4) is 0 Å². The number of hydrogen-bond donors (Lipinski definition) is 2. The average molecular weight is 391 g/mol. The predicted molar refractivity (Wildman–Crippen MR) is 121 cm³/mol. The van der Waals surface area contributed by atoms with Crippen LogP contribution >= 0.6 is 0 Å². The molecule has 0 atom stereocenters. The fourth-order valence-corrected chi connectivity index (χ4v) is 4.08. The van der Waals surface area contributed by atoms with Gasteiger partial charge in [0.1, 0.15) is 0 Å². The van der Waals surface area contributed by atoms with Crippen molar-refractivity contribution in [2.24, 2.45) is 0 Å². The number of amides is 1. The van der Waals surface area contributed by atoms with Gasteiger partial charge in [0.2, 0.25) is 5.91 Å². The zero-order valence-corrected chi connectivity index (χ0v) is 17.2. The van der Waals surface area contributed by atoms with Crippen LogP contribution in [0.3, 0.4) is 0 Å². The molecule has 2 aromatic carbocycles. The lowest BCUT2D eigenvalue weighted by Crippen LogP contribution is -2.46. The Hall–Kier alpha value is -2.79. The largest absolute Gasteiger partial charge is 0.369 e. The zero-order chi connectivity index (χ0) is 20.1. The number of nitrogens with zero attached hydrogens (tertiary/aromatic N) is 2. The van der Waals surface area contributed by atoms with E-state index in [1.165, 1.54) is 16.6 Å². The van der Waals surface area contributed by atoms with E-state index in [-0.39, 0.29) is 5.91 Å². The van der Waals surface area contributed by atoms with E-state index < -0.39 is 0 Å². The number of aryl methyl sites for hydroxylation is 1. The molecule has 0 bridgehead atoms. The molecule has 1 saturated heterocycles. The second-order valence-corrected chi connectivity index (χ2v) is 7.73. The highest BCUT2D eigenvalue weighted by atomic mass is 16.1. The van der Waals surface area contributed by atoms with Gasteiger partial charge in [0.25, 0.3) is 0 Å². The molecule has 1 fully saturated rings. The Morgan fingerprint density at radius 2 is 1.79 bits per heavy atom. The van der Waals surface area contributed by atoms with Gasteiger partial charge in [-0.05, 0) is 55.3 Å². The van der Waals surface area contributed by atoms with E-state index in [0.717, 1.165) is 56.8 Å². The molecule has 0 saturated carbocycles. The third kappa shape index (κ3) is 4.80. The molecule has 5 nitrogen and oxygen atoms in total. The lowest BCUT2D eigenvalue weighted by Gasteiger charge is -2.35. The minimum atomic E-state index is 0.0779. The van der Waals surface area contributed by atoms with Crippen molar-refractivity contribution in [3.63, 3.8) is 0 Å². The molecule has 5 heteroatoms. The van der Waals surface area contributed by atoms with Crippen LogP contribution in [-0.4, -0.2) is 48.5 Å². The first-order valence-electron chi connectivity index (χ1n) is 10.6. The number of rotatable bonds is 7. The number of fused-ring (bicyclic) bond motifs is 1. The Morgan fingerprint density at radius 3 is 2.55 bits per heavy atom. The third-order valence-electron chi connectivity index (χ3n) is 5.86. The van der Waals surface area contributed by atoms with Crippen molar-refractivity contribution in [3.05, 3.63) is 60.3 Å². The molecule has 152 valence electrons. The Balaban J connectivity index is 1.24. The fraction of sp³-hybridized carbons (Fsp3) is 0.375. The first-order chi connectivity index (χ1) is 14.2. The normalized spacial score (nSPS) is 15.0. The number of benzene rings is 2. The van der Waals surface area contributed by atoms with Gasteiger partial charge in [0.15, 0.2) is 0 Å². The van der Waals surface area contributed by atoms with Gasteiger partial charge in [-0.1, -0.05) is 25.1 Å². The minimum Gasteiger partial charge on any atom is -0.369 e. The highest BCUT2D eigenvalue weighted by Crippen LogP contribution is 2.21. The average Bonchev–Trinajstić information content (AvgIpc) is 3.18. The van der Waals surface area contributed by atoms with Crippen LogP contribution in [0.25, 0.3) is 10.9 Å². The first kappa shape index (κ1) is 19.5. The van der Waals surface area contributed by atoms with Crippen LogP contribution in [-0.2, 0) is 11.2 Å². The molecule has 2 heterocycles. The number of para-hydroxylation sites is 1. The number of H-pyrrole nitrogens is 1. The minimum absolute atomic E-state index is 0.0779. The molecular formula is C24H30N4O. The molecule has 1 amide bonds. The number of aromatic nitrogens is 1. The SMILES string of the molecule is CCN1CCN(c2ccc(NC(=O)CCCc3c[nH]c4ccccc34)cc2)CC1. The van der Waals surface area contributed by atoms with Crippen molar-refractivity contribution in [2.45, 2.75) is 26.2 Å². The summed E-state index contributed by atoms with van der Waals surface area (Å²) in [5, 5.41) is 4.29. The topological polar surface area (TPSA) is 51.4 Å². The van der Waals surface area contributed by atoms with Crippen LogP contribution in [0.15, 0.2) is 54.7 Å². The molecular weight excluding hydrogens is 360 g/mol. The van der Waals surface area contributed by atoms with E-state index >= 15 is 0 Å². The van der Waals surface area contributed by atoms with Gasteiger partial charge in [0, 0.05) is 61.1 Å². The van der Waals surface area contributed by atoms with Crippen LogP contribution in [0.5, 0.6) is 0 Å². The maximum absolute atomic E-state index is 12.3. The van der Waals surface area contributed by atoms with Gasteiger partial charge in [-0.3, -0.25) is 4.79 Å². The van der Waals surface area contributed by atoms with Crippen LogP contribution in [0.2, 0.25) is 0 Å². The van der Waals surface area contributed by atoms with Crippen molar-refractivity contribution in [1.29, 1.82) is 0 Å². The Morgan fingerprint density at radius 1 is 1.03 bits per heavy atom. The molecule has 29 heavy (non-hydrogen) atoms. The highest BCUT2D eigenvalue weighted by molar-refractivity contribution is 5.91. The summed E-state index contributed by atoms with van der Waals surface area (Å²) >= 11 is 0. The number of carbonyl (C=O) groups excluding carboxylic acids is 1. The number of carbonyl (C=O) groups is 1. The van der Waals surface area contributed by atoms with Crippen LogP contribution in [0, 0.1) is 0 Å². The van der Waals surface area contributed by atoms with E-state index in [2.05, 4.69) is 63.6 Å². The lowest BCUT2D eigenvalue weighted by atomic mass is 10.1. The molecule has 1 aliphatic rings. The van der Waals surface area contributed by atoms with Gasteiger partial charge in [-0.15, -0.1) is 0 Å². The monoisotopic (exact) mass is 390 g/mol. The van der Waals surface area contributed by atoms with Crippen LogP contribution in [0.1, 0.15) is 25.3 Å². The Labute approximate surface area is 172 Å². The summed E-state index contributed by atoms with van der Waals surface area (Å²) in [4.78, 5) is 20.5. The number of aromatic amines is 1. The summed E-state index contributed by atoms with van der Waals surface area (Å²) in [7, 11) is 0. The molecule has 4 rings (SSSR count). The standard InChI is InChI=1S/C24H30N4O/c1-2-27-14-16-28(17-15-27)21-12-10-20(11-13-21)26-24(29)9-5-6-19-18-25-23-8-4-3-7-22(19)23/h3-4,7-8,10-13,18,25H,2,5-6,9,14-17H2,1H3,(H,26,29). The fourth-order valence-electron chi connectivity index (χ4n) is 4.08. The highest BCUT2D eigenvalue weighted by Gasteiger charge is 2.15. The summed E-state index contributed by atoms with van der Waals surface area (Å²) in [6, 6.07) is 16.6. The first-order valence-corrected chi connectivity index (χ1v) is 10.6. The smallest absolute Gasteiger partial charge is 0.224 e. The number of piperazine rings is 1. The summed E-state index contributed by atoms with van der Waals surface area (Å²) < 4.78 is 0. The number of anilines is 2. The molecule has 1 aliphatic heterocycles. The molecule has 3 aromatic rings. The summed E-state index contributed by atoms with van der Waals surface area (Å²) in [6.07, 6.45) is 4.33. The summed E-state index contributed by atoms with van der Waals surface area (Å²) in [5.41, 5.74) is 4.54. The van der Waals surface area contributed by atoms with Gasteiger partial charge >= 0.3 is 0 Å². The number of nitrogens with one attached hydrogen (secondary N) is 2. The van der Waals surface area contributed by atoms with Crippen molar-refractivity contribution in [1.82, 2.24) is 9.88 Å². The molecule has 0 aliphatic carbocycles. The Bertz CT molecular complexity index is 939. The van der Waals surface area contributed by atoms with E-state index in [0.29, 0.717) is 6.42 Å². The van der Waals surface area contributed by atoms with Gasteiger partial charge in [0.05, 0.1) is 0 Å². The van der Waals surface area contributed by atoms with E-state index in [1.54, 1.807) is 0 Å². The lowest BCUT2D eigenvalue weighted by molar-refractivity contribution is -0.116. The summed E-state index contributed by atoms with van der Waals surface area (Å²) in [5.74, 6) is 0.0779. The zero-order valence-electron chi connectivity index (χ0n) is 17.2. The molecule has 1 aromatic heterocycles. The molecule has 0 radical (unpaired) electrons. The molecule has 0 unspecified atom stereocenters.